The van der Waals surface area contributed by atoms with E-state index < -0.39 is 35.2 Å². The van der Waals surface area contributed by atoms with Crippen molar-refractivity contribution in [2.45, 2.75) is 12.0 Å². The normalized spacial score (nSPS) is 44.6. The molecule has 2 aliphatic rings. The predicted molar refractivity (Wildman–Crippen MR) is 42.3 cm³/mol. The molecule has 0 aromatic carbocycles. The molecule has 76 valence electrons. The Labute approximate surface area is 78.7 Å². The van der Waals surface area contributed by atoms with Gasteiger partial charge in [0.1, 0.15) is 11.3 Å². The molecule has 0 spiro atoms. The van der Waals surface area contributed by atoms with Gasteiger partial charge in [-0.15, -0.1) is 0 Å². The van der Waals surface area contributed by atoms with E-state index >= 15 is 0 Å². The summed E-state index contributed by atoms with van der Waals surface area (Å²) in [6, 6.07) is 0. The number of aliphatic carboxylic acids is 2. The molecule has 0 aromatic rings. The first kappa shape index (κ1) is 9.14. The van der Waals surface area contributed by atoms with Crippen molar-refractivity contribution in [3.63, 3.8) is 0 Å². The summed E-state index contributed by atoms with van der Waals surface area (Å²) in [4.78, 5) is 32.7. The van der Waals surface area contributed by atoms with E-state index in [0.717, 1.165) is 0 Å². The highest BCUT2D eigenvalue weighted by Gasteiger charge is 2.74. The van der Waals surface area contributed by atoms with E-state index in [2.05, 4.69) is 0 Å². The summed E-state index contributed by atoms with van der Waals surface area (Å²) >= 11 is 0. The molecule has 6 heteroatoms. The van der Waals surface area contributed by atoms with Gasteiger partial charge in [-0.3, -0.25) is 14.4 Å². The molecule has 0 aromatic heterocycles. The fraction of sp³-hybridized carbons (Fsp3) is 0.625. The minimum atomic E-state index is -1.66. The Balaban J connectivity index is 2.31. The molecule has 2 saturated carbocycles. The second-order valence-corrected chi connectivity index (χ2v) is 3.90. The number of rotatable bonds is 2. The van der Waals surface area contributed by atoms with Gasteiger partial charge in [-0.05, 0) is 0 Å². The van der Waals surface area contributed by atoms with Gasteiger partial charge in [0, 0.05) is 18.3 Å². The molecule has 4 atom stereocenters. The average molecular weight is 199 g/mol. The molecule has 4 N–H and O–H groups in total. The van der Waals surface area contributed by atoms with E-state index in [1.54, 1.807) is 0 Å². The minimum Gasteiger partial charge on any atom is -0.481 e. The van der Waals surface area contributed by atoms with Crippen molar-refractivity contribution in [2.75, 3.05) is 0 Å². The maximum absolute atomic E-state index is 11.2. The molecule has 2 aliphatic carbocycles. The van der Waals surface area contributed by atoms with Crippen molar-refractivity contribution in [2.24, 2.45) is 23.5 Å². The zero-order valence-corrected chi connectivity index (χ0v) is 7.14. The molecule has 2 fully saturated rings. The second-order valence-electron chi connectivity index (χ2n) is 3.90. The van der Waals surface area contributed by atoms with Crippen LogP contribution in [0.2, 0.25) is 0 Å². The Morgan fingerprint density at radius 3 is 2.36 bits per heavy atom. The third-order valence-electron chi connectivity index (χ3n) is 3.14. The first-order valence-corrected chi connectivity index (χ1v) is 4.17. The summed E-state index contributed by atoms with van der Waals surface area (Å²) in [5.41, 5.74) is 3.86. The van der Waals surface area contributed by atoms with E-state index in [4.69, 9.17) is 15.9 Å². The highest BCUT2D eigenvalue weighted by atomic mass is 16.4. The average Bonchev–Trinajstić information content (AvgIpc) is 2.72. The SMILES string of the molecule is N[C@]1(C(=O)O)CC(=O)[C@@H]2[C@@H](C(=O)O)[C@H]21. The number of carboxylic acids is 2. The third-order valence-corrected chi connectivity index (χ3v) is 3.14. The van der Waals surface area contributed by atoms with Crippen LogP contribution in [0.3, 0.4) is 0 Å². The lowest BCUT2D eigenvalue weighted by atomic mass is 9.91. The summed E-state index contributed by atoms with van der Waals surface area (Å²) in [7, 11) is 0. The van der Waals surface area contributed by atoms with E-state index in [1.165, 1.54) is 0 Å². The molecule has 0 amide bonds. The van der Waals surface area contributed by atoms with Crippen LogP contribution in [-0.2, 0) is 14.4 Å². The molecule has 14 heavy (non-hydrogen) atoms. The van der Waals surface area contributed by atoms with Crippen LogP contribution >= 0.6 is 0 Å². The summed E-state index contributed by atoms with van der Waals surface area (Å²) in [5.74, 6) is -5.05. The van der Waals surface area contributed by atoms with Crippen LogP contribution in [0.15, 0.2) is 0 Å². The summed E-state index contributed by atoms with van der Waals surface area (Å²) in [5, 5.41) is 17.5. The smallest absolute Gasteiger partial charge is 0.324 e. The minimum absolute atomic E-state index is 0.249. The number of hydrogen-bond donors (Lipinski definition) is 3. The molecule has 0 aliphatic heterocycles. The van der Waals surface area contributed by atoms with Crippen LogP contribution in [0.4, 0.5) is 0 Å². The zero-order chi connectivity index (χ0) is 10.7. The Bertz CT molecular complexity index is 348. The Morgan fingerprint density at radius 1 is 1.43 bits per heavy atom. The number of ketones is 1. The van der Waals surface area contributed by atoms with Crippen molar-refractivity contribution >= 4 is 17.7 Å². The van der Waals surface area contributed by atoms with Gasteiger partial charge in [0.2, 0.25) is 0 Å². The molecule has 2 rings (SSSR count). The van der Waals surface area contributed by atoms with Crippen LogP contribution in [0, 0.1) is 17.8 Å². The number of hydrogen-bond acceptors (Lipinski definition) is 4. The molecule has 0 unspecified atom stereocenters. The molecule has 0 heterocycles. The largest absolute Gasteiger partial charge is 0.481 e. The number of carbonyl (C=O) groups is 3. The first-order chi connectivity index (χ1) is 6.39. The Hall–Kier alpha value is -1.43. The highest BCUT2D eigenvalue weighted by molar-refractivity contribution is 6.02. The number of nitrogens with two attached hydrogens (primary N) is 1. The van der Waals surface area contributed by atoms with E-state index in [1.807, 2.05) is 0 Å². The van der Waals surface area contributed by atoms with E-state index in [9.17, 15) is 14.4 Å². The van der Waals surface area contributed by atoms with Gasteiger partial charge in [-0.25, -0.2) is 0 Å². The van der Waals surface area contributed by atoms with E-state index in [-0.39, 0.29) is 12.2 Å². The summed E-state index contributed by atoms with van der Waals surface area (Å²) in [6.07, 6.45) is -0.249. The second kappa shape index (κ2) is 2.33. The lowest BCUT2D eigenvalue weighted by molar-refractivity contribution is -0.146. The van der Waals surface area contributed by atoms with Crippen molar-refractivity contribution in [3.05, 3.63) is 0 Å². The first-order valence-electron chi connectivity index (χ1n) is 4.17. The van der Waals surface area contributed by atoms with Crippen LogP contribution in [0.5, 0.6) is 0 Å². The van der Waals surface area contributed by atoms with Gasteiger partial charge in [-0.1, -0.05) is 0 Å². The highest BCUT2D eigenvalue weighted by Crippen LogP contribution is 2.59. The van der Waals surface area contributed by atoms with Crippen molar-refractivity contribution in [1.29, 1.82) is 0 Å². The molecular formula is C8H9NO5. The molecular weight excluding hydrogens is 190 g/mol. The van der Waals surface area contributed by atoms with Gasteiger partial charge < -0.3 is 15.9 Å². The summed E-state index contributed by atoms with van der Waals surface area (Å²) < 4.78 is 0. The van der Waals surface area contributed by atoms with Crippen LogP contribution in [-0.4, -0.2) is 33.5 Å². The third kappa shape index (κ3) is 0.859. The fourth-order valence-corrected chi connectivity index (χ4v) is 2.40. The van der Waals surface area contributed by atoms with E-state index in [0.29, 0.717) is 0 Å². The standard InChI is InChI=1S/C8H9NO5/c9-8(7(13)14)1-2(10)3-4(5(3)8)6(11)12/h3-5H,1,9H2,(H,11,12)(H,13,14)/t3-,4-,5+,8-/m1/s1. The van der Waals surface area contributed by atoms with Gasteiger partial charge in [0.15, 0.2) is 0 Å². The van der Waals surface area contributed by atoms with Crippen LogP contribution in [0.25, 0.3) is 0 Å². The van der Waals surface area contributed by atoms with Crippen molar-refractivity contribution < 1.29 is 24.6 Å². The lowest BCUT2D eigenvalue weighted by Gasteiger charge is -2.19. The van der Waals surface area contributed by atoms with Gasteiger partial charge in [-0.2, -0.15) is 0 Å². The number of Topliss-reactive ketones (excluding diaryl/α,β-unsaturated/α-hetero) is 1. The molecule has 0 bridgehead atoms. The quantitative estimate of drug-likeness (QED) is 0.508. The number of carbonyl (C=O) groups excluding carboxylic acids is 1. The molecule has 0 saturated heterocycles. The van der Waals surface area contributed by atoms with Crippen LogP contribution < -0.4 is 5.73 Å². The predicted octanol–water partition coefficient (Wildman–Crippen LogP) is -1.31. The monoisotopic (exact) mass is 199 g/mol. The number of fused-ring (bicyclic) bond motifs is 1. The summed E-state index contributed by atoms with van der Waals surface area (Å²) in [6.45, 7) is 0. The Kier molecular flexibility index (Phi) is 1.52. The van der Waals surface area contributed by atoms with Crippen molar-refractivity contribution in [3.8, 4) is 0 Å². The topological polar surface area (TPSA) is 118 Å². The van der Waals surface area contributed by atoms with Gasteiger partial charge in [0.25, 0.3) is 0 Å². The maximum Gasteiger partial charge on any atom is 0.324 e. The Morgan fingerprint density at radius 2 is 2.00 bits per heavy atom. The molecule has 6 nitrogen and oxygen atoms in total. The van der Waals surface area contributed by atoms with Gasteiger partial charge >= 0.3 is 11.9 Å². The lowest BCUT2D eigenvalue weighted by Crippen LogP contribution is -2.50. The fourth-order valence-electron chi connectivity index (χ4n) is 2.40. The molecule has 0 radical (unpaired) electrons. The van der Waals surface area contributed by atoms with Gasteiger partial charge in [0.05, 0.1) is 5.92 Å². The van der Waals surface area contributed by atoms with Crippen LogP contribution in [0.1, 0.15) is 6.42 Å². The van der Waals surface area contributed by atoms with Crippen molar-refractivity contribution in [1.82, 2.24) is 0 Å². The zero-order valence-electron chi connectivity index (χ0n) is 7.14. The maximum atomic E-state index is 11.2. The number of carboxylic acid groups (broad SMARTS) is 2.